The highest BCUT2D eigenvalue weighted by molar-refractivity contribution is 5.02. The van der Waals surface area contributed by atoms with Crippen molar-refractivity contribution in [3.63, 3.8) is 0 Å². The number of rotatable bonds is 4. The molecule has 1 unspecified atom stereocenters. The van der Waals surface area contributed by atoms with Gasteiger partial charge in [0.05, 0.1) is 11.7 Å². The first kappa shape index (κ1) is 14.6. The molecule has 108 valence electrons. The summed E-state index contributed by atoms with van der Waals surface area (Å²) in [6.07, 6.45) is 9.85. The van der Waals surface area contributed by atoms with Crippen LogP contribution in [0.25, 0.3) is 0 Å². The average molecular weight is 263 g/mol. The number of nitrogens with two attached hydrogens (primary N) is 1. The van der Waals surface area contributed by atoms with Crippen molar-refractivity contribution in [1.82, 2.24) is 9.78 Å². The molecule has 0 amide bonds. The first-order valence-corrected chi connectivity index (χ1v) is 7.75. The molecular weight excluding hydrogens is 234 g/mol. The summed E-state index contributed by atoms with van der Waals surface area (Å²) in [7, 11) is 0. The first-order chi connectivity index (χ1) is 9.00. The van der Waals surface area contributed by atoms with Gasteiger partial charge in [-0.3, -0.25) is 4.68 Å². The van der Waals surface area contributed by atoms with Crippen molar-refractivity contribution in [2.24, 2.45) is 17.1 Å². The molecule has 1 fully saturated rings. The molecule has 0 aliphatic heterocycles. The van der Waals surface area contributed by atoms with E-state index >= 15 is 0 Å². The molecule has 1 aliphatic rings. The highest BCUT2D eigenvalue weighted by atomic mass is 15.3. The van der Waals surface area contributed by atoms with Gasteiger partial charge in [0.2, 0.25) is 0 Å². The molecule has 0 spiro atoms. The monoisotopic (exact) mass is 263 g/mol. The van der Waals surface area contributed by atoms with Gasteiger partial charge in [-0.1, -0.05) is 40.0 Å². The van der Waals surface area contributed by atoms with Crippen molar-refractivity contribution in [2.45, 2.75) is 65.3 Å². The summed E-state index contributed by atoms with van der Waals surface area (Å²) in [5.74, 6) is 0.502. The molecule has 0 bridgehead atoms. The predicted octanol–water partition coefficient (Wildman–Crippen LogP) is 3.55. The molecule has 0 aromatic carbocycles. The fourth-order valence-corrected chi connectivity index (χ4v) is 3.03. The van der Waals surface area contributed by atoms with E-state index in [1.54, 1.807) is 0 Å². The van der Waals surface area contributed by atoms with Gasteiger partial charge in [0.1, 0.15) is 0 Å². The Hall–Kier alpha value is -0.830. The number of aromatic nitrogens is 2. The Balaban J connectivity index is 2.00. The lowest BCUT2D eigenvalue weighted by Gasteiger charge is -2.29. The highest BCUT2D eigenvalue weighted by Crippen LogP contribution is 2.30. The van der Waals surface area contributed by atoms with E-state index in [1.165, 1.54) is 37.8 Å². The van der Waals surface area contributed by atoms with Crippen molar-refractivity contribution in [3.8, 4) is 0 Å². The average Bonchev–Trinajstić information content (AvgIpc) is 2.84. The molecular formula is C16H29N3. The number of hydrogen-bond acceptors (Lipinski definition) is 2. The minimum atomic E-state index is 0.253. The molecule has 2 N–H and O–H groups in total. The predicted molar refractivity (Wildman–Crippen MR) is 80.1 cm³/mol. The van der Waals surface area contributed by atoms with Crippen LogP contribution in [0.3, 0.4) is 0 Å². The zero-order valence-corrected chi connectivity index (χ0v) is 12.7. The van der Waals surface area contributed by atoms with Crippen LogP contribution in [0.15, 0.2) is 12.3 Å². The van der Waals surface area contributed by atoms with E-state index in [1.807, 2.05) is 0 Å². The molecule has 1 aliphatic carbocycles. The lowest BCUT2D eigenvalue weighted by atomic mass is 9.78. The fraction of sp³-hybridized carbons (Fsp3) is 0.812. The summed E-state index contributed by atoms with van der Waals surface area (Å²) in [6, 6.07) is 2.82. The summed E-state index contributed by atoms with van der Waals surface area (Å²) >= 11 is 0. The quantitative estimate of drug-likeness (QED) is 0.902. The summed E-state index contributed by atoms with van der Waals surface area (Å²) in [5.41, 5.74) is 7.38. The molecule has 1 aromatic rings. The molecule has 2 rings (SSSR count). The zero-order chi connectivity index (χ0) is 13.9. The third kappa shape index (κ3) is 3.82. The van der Waals surface area contributed by atoms with E-state index in [0.29, 0.717) is 12.0 Å². The molecule has 1 saturated carbocycles. The van der Waals surface area contributed by atoms with Gasteiger partial charge in [0, 0.05) is 6.20 Å². The molecule has 0 radical (unpaired) electrons. The van der Waals surface area contributed by atoms with Gasteiger partial charge >= 0.3 is 0 Å². The van der Waals surface area contributed by atoms with Gasteiger partial charge in [-0.05, 0) is 43.2 Å². The second-order valence-electron chi connectivity index (χ2n) is 7.08. The second-order valence-corrected chi connectivity index (χ2v) is 7.08. The molecule has 1 atom stereocenters. The third-order valence-corrected chi connectivity index (χ3v) is 4.58. The minimum Gasteiger partial charge on any atom is -0.330 e. The highest BCUT2D eigenvalue weighted by Gasteiger charge is 2.24. The Kier molecular flexibility index (Phi) is 4.67. The van der Waals surface area contributed by atoms with E-state index in [4.69, 9.17) is 10.8 Å². The van der Waals surface area contributed by atoms with Crippen LogP contribution in [0, 0.1) is 11.3 Å². The van der Waals surface area contributed by atoms with Crippen molar-refractivity contribution >= 4 is 0 Å². The van der Waals surface area contributed by atoms with Gasteiger partial charge in [0.15, 0.2) is 0 Å². The SMILES string of the molecule is CC(C)(C)C(CN)Cc1ccn(C2CCCCC2)n1. The number of nitrogens with zero attached hydrogens (tertiary/aromatic N) is 2. The largest absolute Gasteiger partial charge is 0.330 e. The van der Waals surface area contributed by atoms with E-state index in [-0.39, 0.29) is 5.41 Å². The minimum absolute atomic E-state index is 0.253. The van der Waals surface area contributed by atoms with Crippen LogP contribution in [-0.4, -0.2) is 16.3 Å². The lowest BCUT2D eigenvalue weighted by molar-refractivity contribution is 0.242. The van der Waals surface area contributed by atoms with Gasteiger partial charge in [-0.25, -0.2) is 0 Å². The van der Waals surface area contributed by atoms with E-state index in [9.17, 15) is 0 Å². The Morgan fingerprint density at radius 2 is 2.00 bits per heavy atom. The van der Waals surface area contributed by atoms with Crippen molar-refractivity contribution in [1.29, 1.82) is 0 Å². The summed E-state index contributed by atoms with van der Waals surface area (Å²) in [4.78, 5) is 0. The maximum absolute atomic E-state index is 5.92. The normalized spacial score (nSPS) is 19.6. The molecule has 3 nitrogen and oxygen atoms in total. The number of hydrogen-bond donors (Lipinski definition) is 1. The Morgan fingerprint density at radius 3 is 2.58 bits per heavy atom. The summed E-state index contributed by atoms with van der Waals surface area (Å²) in [6.45, 7) is 7.54. The molecule has 1 aromatic heterocycles. The van der Waals surface area contributed by atoms with E-state index in [2.05, 4.69) is 37.7 Å². The van der Waals surface area contributed by atoms with Crippen LogP contribution in [0.1, 0.15) is 64.6 Å². The van der Waals surface area contributed by atoms with E-state index < -0.39 is 0 Å². The second kappa shape index (κ2) is 6.08. The Bertz CT molecular complexity index is 383. The van der Waals surface area contributed by atoms with Gasteiger partial charge in [-0.15, -0.1) is 0 Å². The maximum atomic E-state index is 5.92. The lowest BCUT2D eigenvalue weighted by Crippen LogP contribution is -2.30. The van der Waals surface area contributed by atoms with Crippen LogP contribution < -0.4 is 5.73 Å². The zero-order valence-electron chi connectivity index (χ0n) is 12.7. The molecule has 19 heavy (non-hydrogen) atoms. The topological polar surface area (TPSA) is 43.8 Å². The summed E-state index contributed by atoms with van der Waals surface area (Å²) in [5, 5.41) is 4.80. The Morgan fingerprint density at radius 1 is 1.32 bits per heavy atom. The maximum Gasteiger partial charge on any atom is 0.0628 e. The van der Waals surface area contributed by atoms with Crippen LogP contribution in [0.2, 0.25) is 0 Å². The van der Waals surface area contributed by atoms with Crippen LogP contribution in [-0.2, 0) is 6.42 Å². The van der Waals surface area contributed by atoms with Crippen LogP contribution >= 0.6 is 0 Å². The van der Waals surface area contributed by atoms with Crippen molar-refractivity contribution in [2.75, 3.05) is 6.54 Å². The Labute approximate surface area is 117 Å². The third-order valence-electron chi connectivity index (χ3n) is 4.58. The van der Waals surface area contributed by atoms with Crippen molar-refractivity contribution in [3.05, 3.63) is 18.0 Å². The van der Waals surface area contributed by atoms with Gasteiger partial charge in [-0.2, -0.15) is 5.10 Å². The molecule has 1 heterocycles. The smallest absolute Gasteiger partial charge is 0.0628 e. The van der Waals surface area contributed by atoms with Crippen molar-refractivity contribution < 1.29 is 0 Å². The fourth-order valence-electron chi connectivity index (χ4n) is 3.03. The van der Waals surface area contributed by atoms with E-state index in [0.717, 1.165) is 13.0 Å². The molecule has 3 heteroatoms. The standard InChI is InChI=1S/C16H29N3/c1-16(2,3)13(12-17)11-14-9-10-19(18-14)15-7-5-4-6-8-15/h9-10,13,15H,4-8,11-12,17H2,1-3H3. The first-order valence-electron chi connectivity index (χ1n) is 7.75. The summed E-state index contributed by atoms with van der Waals surface area (Å²) < 4.78 is 2.20. The van der Waals surface area contributed by atoms with Crippen LogP contribution in [0.5, 0.6) is 0 Å². The van der Waals surface area contributed by atoms with Gasteiger partial charge < -0.3 is 5.73 Å². The molecule has 0 saturated heterocycles. The van der Waals surface area contributed by atoms with Crippen LogP contribution in [0.4, 0.5) is 0 Å². The van der Waals surface area contributed by atoms with Gasteiger partial charge in [0.25, 0.3) is 0 Å².